The molecule has 8 heteroatoms. The molecule has 0 saturated carbocycles. The summed E-state index contributed by atoms with van der Waals surface area (Å²) in [5, 5.41) is 3.21. The lowest BCUT2D eigenvalue weighted by Gasteiger charge is -2.27. The number of rotatable bonds is 5. The first-order valence-corrected chi connectivity index (χ1v) is 8.96. The molecule has 0 unspecified atom stereocenters. The molecule has 0 radical (unpaired) electrons. The highest BCUT2D eigenvalue weighted by atomic mass is 16.4. The quantitative estimate of drug-likeness (QED) is 0.839. The van der Waals surface area contributed by atoms with Crippen LogP contribution in [0.2, 0.25) is 0 Å². The smallest absolute Gasteiger partial charge is 0.408 e. The van der Waals surface area contributed by atoms with Gasteiger partial charge in [0.1, 0.15) is 6.54 Å². The molecule has 1 N–H and O–H groups in total. The first-order valence-electron chi connectivity index (χ1n) is 8.96. The van der Waals surface area contributed by atoms with Crippen molar-refractivity contribution in [1.82, 2.24) is 19.7 Å². The first kappa shape index (κ1) is 18.2. The van der Waals surface area contributed by atoms with Crippen LogP contribution in [0.5, 0.6) is 0 Å². The van der Waals surface area contributed by atoms with E-state index in [2.05, 4.69) is 5.32 Å². The molecular weight excluding hydrogens is 336 g/mol. The Hall–Kier alpha value is -2.61. The molecule has 2 aromatic rings. The summed E-state index contributed by atoms with van der Waals surface area (Å²) < 4.78 is 6.59. The fourth-order valence-electron chi connectivity index (χ4n) is 3.21. The lowest BCUT2D eigenvalue weighted by atomic mass is 10.1. The average molecular weight is 360 g/mol. The van der Waals surface area contributed by atoms with Gasteiger partial charge in [-0.05, 0) is 32.0 Å². The number of piperazine rings is 1. The van der Waals surface area contributed by atoms with Crippen molar-refractivity contribution < 1.29 is 14.0 Å². The SMILES string of the molecule is CCN(CC)C(=O)Cn1c(=O)oc2cc(C(=O)N3CCNCC3)ccc21. The Morgan fingerprint density at radius 1 is 1.19 bits per heavy atom. The van der Waals surface area contributed by atoms with Gasteiger partial charge in [0.2, 0.25) is 5.91 Å². The van der Waals surface area contributed by atoms with Gasteiger partial charge in [-0.25, -0.2) is 4.79 Å². The van der Waals surface area contributed by atoms with Crippen LogP contribution in [-0.4, -0.2) is 65.4 Å². The van der Waals surface area contributed by atoms with Gasteiger partial charge in [0.25, 0.3) is 5.91 Å². The van der Waals surface area contributed by atoms with E-state index in [0.29, 0.717) is 42.8 Å². The number of hydrogen-bond donors (Lipinski definition) is 1. The molecule has 0 spiro atoms. The van der Waals surface area contributed by atoms with Crippen molar-refractivity contribution in [3.05, 3.63) is 34.3 Å². The van der Waals surface area contributed by atoms with Gasteiger partial charge in [-0.2, -0.15) is 0 Å². The number of carbonyl (C=O) groups is 2. The van der Waals surface area contributed by atoms with Gasteiger partial charge in [0.15, 0.2) is 5.58 Å². The molecule has 0 atom stereocenters. The topological polar surface area (TPSA) is 87.8 Å². The van der Waals surface area contributed by atoms with Crippen molar-refractivity contribution in [2.45, 2.75) is 20.4 Å². The van der Waals surface area contributed by atoms with Crippen LogP contribution in [0.4, 0.5) is 0 Å². The van der Waals surface area contributed by atoms with Crippen LogP contribution >= 0.6 is 0 Å². The fraction of sp³-hybridized carbons (Fsp3) is 0.500. The van der Waals surface area contributed by atoms with E-state index in [1.807, 2.05) is 13.8 Å². The van der Waals surface area contributed by atoms with E-state index in [0.717, 1.165) is 13.1 Å². The molecule has 1 aromatic heterocycles. The van der Waals surface area contributed by atoms with Gasteiger partial charge in [-0.1, -0.05) is 0 Å². The van der Waals surface area contributed by atoms with Crippen LogP contribution in [0, 0.1) is 0 Å². The molecule has 1 saturated heterocycles. The van der Waals surface area contributed by atoms with Gasteiger partial charge in [-0.15, -0.1) is 0 Å². The Bertz CT molecular complexity index is 860. The summed E-state index contributed by atoms with van der Waals surface area (Å²) in [6, 6.07) is 4.94. The molecule has 0 bridgehead atoms. The van der Waals surface area contributed by atoms with Crippen molar-refractivity contribution in [3.8, 4) is 0 Å². The second-order valence-corrected chi connectivity index (χ2v) is 6.24. The molecule has 2 heterocycles. The Labute approximate surface area is 151 Å². The van der Waals surface area contributed by atoms with Crippen LogP contribution in [0.1, 0.15) is 24.2 Å². The zero-order chi connectivity index (χ0) is 18.7. The zero-order valence-electron chi connectivity index (χ0n) is 15.2. The monoisotopic (exact) mass is 360 g/mol. The minimum atomic E-state index is -0.590. The summed E-state index contributed by atoms with van der Waals surface area (Å²) >= 11 is 0. The standard InChI is InChI=1S/C18H24N4O4/c1-3-20(4-2)16(23)12-22-14-6-5-13(11-15(14)26-18(22)25)17(24)21-9-7-19-8-10-21/h5-6,11,19H,3-4,7-10,12H2,1-2H3. The molecule has 1 fully saturated rings. The number of amides is 2. The fourth-order valence-corrected chi connectivity index (χ4v) is 3.21. The predicted molar refractivity (Wildman–Crippen MR) is 97.2 cm³/mol. The summed E-state index contributed by atoms with van der Waals surface area (Å²) in [4.78, 5) is 40.5. The maximum absolute atomic E-state index is 12.6. The number of nitrogens with one attached hydrogen (secondary N) is 1. The van der Waals surface area contributed by atoms with Crippen molar-refractivity contribution >= 4 is 22.9 Å². The zero-order valence-corrected chi connectivity index (χ0v) is 15.2. The van der Waals surface area contributed by atoms with E-state index in [9.17, 15) is 14.4 Å². The van der Waals surface area contributed by atoms with Crippen LogP contribution in [-0.2, 0) is 11.3 Å². The van der Waals surface area contributed by atoms with E-state index < -0.39 is 5.76 Å². The van der Waals surface area contributed by atoms with Gasteiger partial charge in [0, 0.05) is 44.8 Å². The summed E-state index contributed by atoms with van der Waals surface area (Å²) in [6.07, 6.45) is 0. The Balaban J connectivity index is 1.87. The maximum atomic E-state index is 12.6. The van der Waals surface area contributed by atoms with E-state index in [1.54, 1.807) is 28.0 Å². The van der Waals surface area contributed by atoms with Crippen molar-refractivity contribution in [1.29, 1.82) is 0 Å². The Morgan fingerprint density at radius 2 is 1.88 bits per heavy atom. The van der Waals surface area contributed by atoms with E-state index >= 15 is 0 Å². The molecule has 140 valence electrons. The molecule has 0 aliphatic carbocycles. The molecule has 8 nitrogen and oxygen atoms in total. The molecule has 1 aromatic carbocycles. The molecule has 3 rings (SSSR count). The highest BCUT2D eigenvalue weighted by Gasteiger charge is 2.21. The van der Waals surface area contributed by atoms with Crippen LogP contribution in [0.15, 0.2) is 27.4 Å². The van der Waals surface area contributed by atoms with E-state index in [4.69, 9.17) is 4.42 Å². The second-order valence-electron chi connectivity index (χ2n) is 6.24. The van der Waals surface area contributed by atoms with Crippen LogP contribution in [0.25, 0.3) is 11.1 Å². The Morgan fingerprint density at radius 3 is 2.54 bits per heavy atom. The average Bonchev–Trinajstić information content (AvgIpc) is 2.97. The van der Waals surface area contributed by atoms with Crippen molar-refractivity contribution in [2.75, 3.05) is 39.3 Å². The third kappa shape index (κ3) is 3.50. The predicted octanol–water partition coefficient (Wildman–Crippen LogP) is 0.508. The summed E-state index contributed by atoms with van der Waals surface area (Å²) in [6.45, 7) is 7.74. The van der Waals surface area contributed by atoms with Crippen LogP contribution < -0.4 is 11.1 Å². The van der Waals surface area contributed by atoms with Gasteiger partial charge in [-0.3, -0.25) is 14.2 Å². The minimum absolute atomic E-state index is 0.0708. The van der Waals surface area contributed by atoms with E-state index in [1.165, 1.54) is 4.57 Å². The molecule has 2 amide bonds. The number of aromatic nitrogens is 1. The molecule has 26 heavy (non-hydrogen) atoms. The maximum Gasteiger partial charge on any atom is 0.420 e. The normalized spacial score (nSPS) is 14.6. The van der Waals surface area contributed by atoms with Crippen molar-refractivity contribution in [3.63, 3.8) is 0 Å². The van der Waals surface area contributed by atoms with E-state index in [-0.39, 0.29) is 18.4 Å². The number of hydrogen-bond acceptors (Lipinski definition) is 5. The second kappa shape index (κ2) is 7.74. The summed E-state index contributed by atoms with van der Waals surface area (Å²) in [5.41, 5.74) is 1.33. The number of benzene rings is 1. The summed E-state index contributed by atoms with van der Waals surface area (Å²) in [7, 11) is 0. The minimum Gasteiger partial charge on any atom is -0.408 e. The largest absolute Gasteiger partial charge is 0.420 e. The van der Waals surface area contributed by atoms with Gasteiger partial charge < -0.3 is 19.5 Å². The highest BCUT2D eigenvalue weighted by Crippen LogP contribution is 2.17. The van der Waals surface area contributed by atoms with Crippen LogP contribution in [0.3, 0.4) is 0 Å². The third-order valence-electron chi connectivity index (χ3n) is 4.73. The number of fused-ring (bicyclic) bond motifs is 1. The molecular formula is C18H24N4O4. The number of oxazole rings is 1. The molecule has 1 aliphatic rings. The Kier molecular flexibility index (Phi) is 5.41. The summed E-state index contributed by atoms with van der Waals surface area (Å²) in [5.74, 6) is -0.809. The van der Waals surface area contributed by atoms with Gasteiger partial charge >= 0.3 is 5.76 Å². The third-order valence-corrected chi connectivity index (χ3v) is 4.73. The van der Waals surface area contributed by atoms with Gasteiger partial charge in [0.05, 0.1) is 5.52 Å². The lowest BCUT2D eigenvalue weighted by molar-refractivity contribution is -0.131. The highest BCUT2D eigenvalue weighted by molar-refractivity contribution is 5.97. The number of likely N-dealkylation sites (N-methyl/N-ethyl adjacent to an activating group) is 1. The lowest BCUT2D eigenvalue weighted by Crippen LogP contribution is -2.46. The number of carbonyl (C=O) groups excluding carboxylic acids is 2. The number of nitrogens with zero attached hydrogens (tertiary/aromatic N) is 3. The molecule has 1 aliphatic heterocycles. The first-order chi connectivity index (χ1) is 12.5. The van der Waals surface area contributed by atoms with Crippen molar-refractivity contribution in [2.24, 2.45) is 0 Å².